The Kier molecular flexibility index (Phi) is 6.11. The fourth-order valence-corrected chi connectivity index (χ4v) is 5.83. The lowest BCUT2D eigenvalue weighted by atomic mass is 9.75. The van der Waals surface area contributed by atoms with E-state index in [4.69, 9.17) is 4.74 Å². The van der Waals surface area contributed by atoms with Crippen LogP contribution < -0.4 is 15.4 Å². The van der Waals surface area contributed by atoms with Crippen molar-refractivity contribution >= 4 is 11.8 Å². The van der Waals surface area contributed by atoms with Crippen LogP contribution in [0.1, 0.15) is 72.2 Å². The van der Waals surface area contributed by atoms with Crippen LogP contribution in [0, 0.1) is 5.92 Å². The second kappa shape index (κ2) is 9.18. The molecule has 0 radical (unpaired) electrons. The predicted octanol–water partition coefficient (Wildman–Crippen LogP) is 3.77. The van der Waals surface area contributed by atoms with Gasteiger partial charge in [-0.25, -0.2) is 0 Å². The van der Waals surface area contributed by atoms with E-state index in [-0.39, 0.29) is 35.9 Å². The highest BCUT2D eigenvalue weighted by atomic mass is 16.5. The summed E-state index contributed by atoms with van der Waals surface area (Å²) in [5.74, 6) is 0.914. The Hall–Kier alpha value is -2.86. The Morgan fingerprint density at radius 3 is 2.88 bits per heavy atom. The average Bonchev–Trinajstić information content (AvgIpc) is 2.84. The molecule has 0 aliphatic carbocycles. The summed E-state index contributed by atoms with van der Waals surface area (Å²) in [6.45, 7) is 6.16. The van der Waals surface area contributed by atoms with E-state index in [0.29, 0.717) is 18.7 Å². The number of benzene rings is 2. The van der Waals surface area contributed by atoms with Crippen molar-refractivity contribution in [3.63, 3.8) is 0 Å². The molecule has 2 N–H and O–H groups in total. The molecular formula is C27H33N3O3. The van der Waals surface area contributed by atoms with Gasteiger partial charge in [-0.1, -0.05) is 30.3 Å². The van der Waals surface area contributed by atoms with E-state index in [1.165, 1.54) is 0 Å². The van der Waals surface area contributed by atoms with Gasteiger partial charge in [-0.3, -0.25) is 9.59 Å². The van der Waals surface area contributed by atoms with Gasteiger partial charge in [0.05, 0.1) is 24.6 Å². The fraction of sp³-hybridized carbons (Fsp3) is 0.481. The first-order chi connectivity index (χ1) is 16.1. The van der Waals surface area contributed by atoms with Gasteiger partial charge in [0.1, 0.15) is 5.75 Å². The van der Waals surface area contributed by atoms with Crippen LogP contribution in [0.5, 0.6) is 5.75 Å². The maximum atomic E-state index is 13.6. The number of carbonyl (C=O) groups excluding carboxylic acids is 2. The standard InChI is InChI=1S/C27H33N3O3/c1-3-33-20-14-19-11-13-30-24(16-23-21(27(30)32)10-7-12-28-23)25(19)22(15-20)26(31)29-17(2)18-8-5-4-6-9-18/h4-6,8-9,14-15,17,21,23-24,28H,3,7,10-13,16H2,1-2H3,(H,29,31)/t17-,21-,23-,24-/m1/s1. The third-order valence-corrected chi connectivity index (χ3v) is 7.44. The molecule has 3 aliphatic rings. The molecular weight excluding hydrogens is 414 g/mol. The minimum absolute atomic E-state index is 0.0645. The van der Waals surface area contributed by atoms with Gasteiger partial charge in [-0.05, 0) is 74.9 Å². The third-order valence-electron chi connectivity index (χ3n) is 7.44. The lowest BCUT2D eigenvalue weighted by Gasteiger charge is -2.48. The first-order valence-electron chi connectivity index (χ1n) is 12.3. The summed E-state index contributed by atoms with van der Waals surface area (Å²) >= 11 is 0. The zero-order valence-electron chi connectivity index (χ0n) is 19.5. The lowest BCUT2D eigenvalue weighted by Crippen LogP contribution is -2.58. The van der Waals surface area contributed by atoms with Gasteiger partial charge in [0, 0.05) is 18.2 Å². The summed E-state index contributed by atoms with van der Waals surface area (Å²) in [5, 5.41) is 6.76. The molecule has 174 valence electrons. The molecule has 2 saturated heterocycles. The predicted molar refractivity (Wildman–Crippen MR) is 127 cm³/mol. The van der Waals surface area contributed by atoms with Crippen molar-refractivity contribution in [1.82, 2.24) is 15.5 Å². The van der Waals surface area contributed by atoms with E-state index in [1.54, 1.807) is 0 Å². The van der Waals surface area contributed by atoms with Gasteiger partial charge in [0.15, 0.2) is 0 Å². The van der Waals surface area contributed by atoms with Gasteiger partial charge in [0.25, 0.3) is 5.91 Å². The summed E-state index contributed by atoms with van der Waals surface area (Å²) in [5.41, 5.74) is 3.82. The molecule has 2 aromatic carbocycles. The number of amides is 2. The van der Waals surface area contributed by atoms with Crippen LogP contribution in [-0.4, -0.2) is 42.5 Å². The number of hydrogen-bond acceptors (Lipinski definition) is 4. The molecule has 0 unspecified atom stereocenters. The van der Waals surface area contributed by atoms with E-state index >= 15 is 0 Å². The molecule has 3 aliphatic heterocycles. The Morgan fingerprint density at radius 2 is 2.09 bits per heavy atom. The Labute approximate surface area is 195 Å². The number of ether oxygens (including phenoxy) is 1. The molecule has 0 aromatic heterocycles. The SMILES string of the molecule is CCOc1cc2c(c(C(=O)N[C@H](C)c3ccccc3)c1)[C@H]1C[C@H]3NCCC[C@H]3C(=O)N1CC2. The minimum Gasteiger partial charge on any atom is -0.494 e. The normalized spacial score (nSPS) is 24.8. The van der Waals surface area contributed by atoms with E-state index in [0.717, 1.165) is 54.7 Å². The number of carbonyl (C=O) groups is 2. The van der Waals surface area contributed by atoms with Crippen molar-refractivity contribution in [2.24, 2.45) is 5.92 Å². The summed E-state index contributed by atoms with van der Waals surface area (Å²) in [6, 6.07) is 13.9. The number of nitrogens with one attached hydrogen (secondary N) is 2. The second-order valence-corrected chi connectivity index (χ2v) is 9.42. The molecule has 2 aromatic rings. The number of nitrogens with zero attached hydrogens (tertiary/aromatic N) is 1. The molecule has 6 nitrogen and oxygen atoms in total. The van der Waals surface area contributed by atoms with Crippen LogP contribution in [0.25, 0.3) is 0 Å². The van der Waals surface area contributed by atoms with Crippen LogP contribution in [-0.2, 0) is 11.2 Å². The first kappa shape index (κ1) is 22.0. The lowest BCUT2D eigenvalue weighted by molar-refractivity contribution is -0.145. The van der Waals surface area contributed by atoms with Crippen molar-refractivity contribution in [2.45, 2.75) is 57.7 Å². The van der Waals surface area contributed by atoms with Crippen molar-refractivity contribution in [2.75, 3.05) is 19.7 Å². The highest BCUT2D eigenvalue weighted by Gasteiger charge is 2.46. The average molecular weight is 448 g/mol. The van der Waals surface area contributed by atoms with E-state index in [1.807, 2.05) is 55.1 Å². The number of fused-ring (bicyclic) bond motifs is 4. The molecule has 2 amide bonds. The van der Waals surface area contributed by atoms with Crippen LogP contribution in [0.15, 0.2) is 42.5 Å². The molecule has 33 heavy (non-hydrogen) atoms. The summed E-state index contributed by atoms with van der Waals surface area (Å²) in [6.07, 6.45) is 3.60. The highest BCUT2D eigenvalue weighted by molar-refractivity contribution is 5.97. The summed E-state index contributed by atoms with van der Waals surface area (Å²) in [7, 11) is 0. The molecule has 4 atom stereocenters. The smallest absolute Gasteiger partial charge is 0.252 e. The summed E-state index contributed by atoms with van der Waals surface area (Å²) in [4.78, 5) is 29.0. The molecule has 0 spiro atoms. The van der Waals surface area contributed by atoms with Gasteiger partial charge in [-0.2, -0.15) is 0 Å². The first-order valence-corrected chi connectivity index (χ1v) is 12.3. The van der Waals surface area contributed by atoms with Crippen LogP contribution in [0.3, 0.4) is 0 Å². The van der Waals surface area contributed by atoms with Crippen LogP contribution in [0.4, 0.5) is 0 Å². The topological polar surface area (TPSA) is 70.7 Å². The van der Waals surface area contributed by atoms with Crippen LogP contribution in [0.2, 0.25) is 0 Å². The van der Waals surface area contributed by atoms with Crippen molar-refractivity contribution in [1.29, 1.82) is 0 Å². The largest absolute Gasteiger partial charge is 0.494 e. The van der Waals surface area contributed by atoms with Gasteiger partial charge >= 0.3 is 0 Å². The molecule has 3 heterocycles. The van der Waals surface area contributed by atoms with Crippen LogP contribution >= 0.6 is 0 Å². The molecule has 0 bridgehead atoms. The van der Waals surface area contributed by atoms with Gasteiger partial charge in [-0.15, -0.1) is 0 Å². The van der Waals surface area contributed by atoms with Gasteiger partial charge in [0.2, 0.25) is 5.91 Å². The quantitative estimate of drug-likeness (QED) is 0.732. The maximum absolute atomic E-state index is 13.6. The van der Waals surface area contributed by atoms with E-state index in [2.05, 4.69) is 16.7 Å². The minimum atomic E-state index is -0.123. The van der Waals surface area contributed by atoms with Crippen molar-refractivity contribution < 1.29 is 14.3 Å². The monoisotopic (exact) mass is 447 g/mol. The Balaban J connectivity index is 1.51. The second-order valence-electron chi connectivity index (χ2n) is 9.42. The summed E-state index contributed by atoms with van der Waals surface area (Å²) < 4.78 is 5.82. The molecule has 6 heteroatoms. The van der Waals surface area contributed by atoms with Crippen molar-refractivity contribution in [3.05, 3.63) is 64.7 Å². The molecule has 0 saturated carbocycles. The number of hydrogen-bond donors (Lipinski definition) is 2. The molecule has 2 fully saturated rings. The van der Waals surface area contributed by atoms with Gasteiger partial charge < -0.3 is 20.3 Å². The Morgan fingerprint density at radius 1 is 1.27 bits per heavy atom. The molecule has 5 rings (SSSR count). The highest BCUT2D eigenvalue weighted by Crippen LogP contribution is 2.43. The van der Waals surface area contributed by atoms with Crippen molar-refractivity contribution in [3.8, 4) is 5.75 Å². The fourth-order valence-electron chi connectivity index (χ4n) is 5.83. The third kappa shape index (κ3) is 4.12. The number of piperidine rings is 2. The zero-order valence-corrected chi connectivity index (χ0v) is 19.5. The van der Waals surface area contributed by atoms with E-state index < -0.39 is 0 Å². The number of rotatable bonds is 5. The zero-order chi connectivity index (χ0) is 22.9. The Bertz CT molecular complexity index is 1040. The van der Waals surface area contributed by atoms with E-state index in [9.17, 15) is 9.59 Å². The maximum Gasteiger partial charge on any atom is 0.252 e.